The van der Waals surface area contributed by atoms with Gasteiger partial charge in [-0.15, -0.1) is 12.4 Å². The fourth-order valence-electron chi connectivity index (χ4n) is 4.24. The molecule has 9 heteroatoms. The van der Waals surface area contributed by atoms with E-state index in [1.807, 2.05) is 31.2 Å². The van der Waals surface area contributed by atoms with Crippen molar-refractivity contribution in [2.24, 2.45) is 0 Å². The summed E-state index contributed by atoms with van der Waals surface area (Å²) in [5.41, 5.74) is 1.63. The fraction of sp³-hybridized carbons (Fsp3) is 0.455. The molecule has 8 nitrogen and oxygen atoms in total. The molecule has 0 radical (unpaired) electrons. The molecule has 2 saturated heterocycles. The van der Waals surface area contributed by atoms with E-state index >= 15 is 0 Å². The smallest absolute Gasteiger partial charge is 0.263 e. The Morgan fingerprint density at radius 1 is 1.10 bits per heavy atom. The molecule has 1 aromatic heterocycles. The van der Waals surface area contributed by atoms with Gasteiger partial charge in [0.05, 0.1) is 19.8 Å². The van der Waals surface area contributed by atoms with E-state index < -0.39 is 0 Å². The molecule has 0 spiro atoms. The molecule has 1 amide bonds. The van der Waals surface area contributed by atoms with E-state index in [4.69, 9.17) is 14.2 Å². The predicted molar refractivity (Wildman–Crippen MR) is 116 cm³/mol. The lowest BCUT2D eigenvalue weighted by molar-refractivity contribution is -0.0257. The van der Waals surface area contributed by atoms with Crippen molar-refractivity contribution in [1.82, 2.24) is 14.4 Å². The predicted octanol–water partition coefficient (Wildman–Crippen LogP) is 1.51. The van der Waals surface area contributed by atoms with Gasteiger partial charge < -0.3 is 23.7 Å². The number of carbonyl (C=O) groups excluding carboxylic acids is 1. The van der Waals surface area contributed by atoms with Crippen molar-refractivity contribution in [3.8, 4) is 11.5 Å². The van der Waals surface area contributed by atoms with Crippen LogP contribution in [-0.4, -0.2) is 72.5 Å². The fourth-order valence-corrected chi connectivity index (χ4v) is 4.24. The number of hydrogen-bond donors (Lipinski definition) is 0. The summed E-state index contributed by atoms with van der Waals surface area (Å²) >= 11 is 0. The first-order valence-corrected chi connectivity index (χ1v) is 10.3. The molecule has 166 valence electrons. The summed E-state index contributed by atoms with van der Waals surface area (Å²) in [5, 5.41) is 0. The summed E-state index contributed by atoms with van der Waals surface area (Å²) < 4.78 is 17.7. The number of ether oxygens (including phenoxy) is 3. The average molecular weight is 448 g/mol. The molecule has 31 heavy (non-hydrogen) atoms. The number of halogens is 1. The number of likely N-dealkylation sites (tertiary alicyclic amines) is 1. The molecular weight excluding hydrogens is 422 g/mol. The lowest BCUT2D eigenvalue weighted by Crippen LogP contribution is -2.63. The van der Waals surface area contributed by atoms with Gasteiger partial charge in [-0.2, -0.15) is 0 Å². The lowest BCUT2D eigenvalue weighted by Gasteiger charge is -2.46. The minimum absolute atomic E-state index is 0. The number of carbonyl (C=O) groups is 1. The Labute approximate surface area is 186 Å². The Balaban J connectivity index is 0.00000231. The standard InChI is InChI=1S/C22H25N3O5.ClH/c1-15-4-5-24(11-16-2-3-18-19(10-16)30-14-29-18)21(26)20(15)22(27)25-12-17(13-25)23-6-8-28-9-7-23;/h2-5,10,17H,6-9,11-14H2,1H3;1H. The number of rotatable bonds is 4. The lowest BCUT2D eigenvalue weighted by atomic mass is 10.0. The summed E-state index contributed by atoms with van der Waals surface area (Å²) in [4.78, 5) is 30.4. The van der Waals surface area contributed by atoms with Gasteiger partial charge in [-0.1, -0.05) is 6.07 Å². The van der Waals surface area contributed by atoms with E-state index in [-0.39, 0.29) is 36.2 Å². The normalized spacial score (nSPS) is 18.4. The first-order valence-electron chi connectivity index (χ1n) is 10.3. The highest BCUT2D eigenvalue weighted by atomic mass is 35.5. The molecule has 0 aliphatic carbocycles. The molecule has 5 rings (SSSR count). The van der Waals surface area contributed by atoms with Crippen molar-refractivity contribution in [3.05, 3.63) is 57.5 Å². The van der Waals surface area contributed by atoms with Crippen LogP contribution in [-0.2, 0) is 11.3 Å². The van der Waals surface area contributed by atoms with Crippen molar-refractivity contribution < 1.29 is 19.0 Å². The zero-order chi connectivity index (χ0) is 20.7. The highest BCUT2D eigenvalue weighted by Crippen LogP contribution is 2.32. The minimum Gasteiger partial charge on any atom is -0.454 e. The number of fused-ring (bicyclic) bond motifs is 1. The van der Waals surface area contributed by atoms with E-state index in [1.54, 1.807) is 15.7 Å². The second kappa shape index (κ2) is 8.90. The third-order valence-electron chi connectivity index (χ3n) is 6.09. The Hall–Kier alpha value is -2.55. The van der Waals surface area contributed by atoms with Crippen LogP contribution in [0.1, 0.15) is 21.5 Å². The molecule has 0 bridgehead atoms. The van der Waals surface area contributed by atoms with Gasteiger partial charge in [-0.05, 0) is 36.2 Å². The number of hydrogen-bond acceptors (Lipinski definition) is 6. The molecular formula is C22H26ClN3O5. The zero-order valence-corrected chi connectivity index (χ0v) is 18.2. The zero-order valence-electron chi connectivity index (χ0n) is 17.4. The van der Waals surface area contributed by atoms with Crippen molar-refractivity contribution in [3.63, 3.8) is 0 Å². The van der Waals surface area contributed by atoms with Gasteiger partial charge in [0.1, 0.15) is 5.56 Å². The number of pyridine rings is 1. The summed E-state index contributed by atoms with van der Waals surface area (Å²) in [6.45, 7) is 7.01. The maximum Gasteiger partial charge on any atom is 0.263 e. The summed E-state index contributed by atoms with van der Waals surface area (Å²) in [6, 6.07) is 7.82. The Morgan fingerprint density at radius 2 is 1.84 bits per heavy atom. The van der Waals surface area contributed by atoms with Crippen molar-refractivity contribution >= 4 is 18.3 Å². The van der Waals surface area contributed by atoms with Gasteiger partial charge in [0.25, 0.3) is 11.5 Å². The van der Waals surface area contributed by atoms with E-state index in [0.29, 0.717) is 42.7 Å². The number of morpholine rings is 1. The van der Waals surface area contributed by atoms with Gasteiger partial charge in [0.2, 0.25) is 6.79 Å². The Bertz CT molecular complexity index is 1030. The van der Waals surface area contributed by atoms with E-state index in [2.05, 4.69) is 4.90 Å². The van der Waals surface area contributed by atoms with Crippen LogP contribution in [0.5, 0.6) is 11.5 Å². The molecule has 4 heterocycles. The van der Waals surface area contributed by atoms with Crippen LogP contribution < -0.4 is 15.0 Å². The SMILES string of the molecule is Cc1ccn(Cc2ccc3c(c2)OCO3)c(=O)c1C(=O)N1CC(N2CCOCC2)C1.Cl. The summed E-state index contributed by atoms with van der Waals surface area (Å²) in [6.07, 6.45) is 1.74. The average Bonchev–Trinajstić information content (AvgIpc) is 3.18. The largest absolute Gasteiger partial charge is 0.454 e. The maximum atomic E-state index is 13.1. The van der Waals surface area contributed by atoms with Gasteiger partial charge in [0.15, 0.2) is 11.5 Å². The van der Waals surface area contributed by atoms with Gasteiger partial charge in [-0.25, -0.2) is 0 Å². The Morgan fingerprint density at radius 3 is 2.61 bits per heavy atom. The van der Waals surface area contributed by atoms with E-state index in [0.717, 1.165) is 31.9 Å². The van der Waals surface area contributed by atoms with Gasteiger partial charge in [-0.3, -0.25) is 14.5 Å². The molecule has 0 unspecified atom stereocenters. The van der Waals surface area contributed by atoms with E-state index in [9.17, 15) is 9.59 Å². The van der Waals surface area contributed by atoms with Crippen molar-refractivity contribution in [1.29, 1.82) is 0 Å². The van der Waals surface area contributed by atoms with Crippen LogP contribution in [0, 0.1) is 6.92 Å². The highest BCUT2D eigenvalue weighted by Gasteiger charge is 2.37. The number of nitrogens with zero attached hydrogens (tertiary/aromatic N) is 3. The van der Waals surface area contributed by atoms with Crippen LogP contribution in [0.3, 0.4) is 0 Å². The third kappa shape index (κ3) is 4.15. The van der Waals surface area contributed by atoms with Crippen LogP contribution in [0.2, 0.25) is 0 Å². The third-order valence-corrected chi connectivity index (χ3v) is 6.09. The quantitative estimate of drug-likeness (QED) is 0.707. The molecule has 0 saturated carbocycles. The molecule has 3 aliphatic heterocycles. The minimum atomic E-state index is -0.257. The first kappa shape index (κ1) is 21.7. The molecule has 2 aromatic rings. The van der Waals surface area contributed by atoms with Crippen LogP contribution >= 0.6 is 12.4 Å². The topological polar surface area (TPSA) is 73.2 Å². The molecule has 3 aliphatic rings. The second-order valence-corrected chi connectivity index (χ2v) is 8.01. The molecule has 0 atom stereocenters. The summed E-state index contributed by atoms with van der Waals surface area (Å²) in [5.74, 6) is 1.21. The van der Waals surface area contributed by atoms with Gasteiger partial charge >= 0.3 is 0 Å². The van der Waals surface area contributed by atoms with Crippen LogP contribution in [0.4, 0.5) is 0 Å². The summed E-state index contributed by atoms with van der Waals surface area (Å²) in [7, 11) is 0. The first-order chi connectivity index (χ1) is 14.6. The van der Waals surface area contributed by atoms with Crippen LogP contribution in [0.15, 0.2) is 35.3 Å². The number of benzene rings is 1. The maximum absolute atomic E-state index is 13.1. The second-order valence-electron chi connectivity index (χ2n) is 8.01. The van der Waals surface area contributed by atoms with Crippen molar-refractivity contribution in [2.75, 3.05) is 46.2 Å². The number of aromatic nitrogens is 1. The molecule has 2 fully saturated rings. The Kier molecular flexibility index (Phi) is 6.22. The monoisotopic (exact) mass is 447 g/mol. The van der Waals surface area contributed by atoms with E-state index in [1.165, 1.54) is 0 Å². The van der Waals surface area contributed by atoms with Crippen LogP contribution in [0.25, 0.3) is 0 Å². The van der Waals surface area contributed by atoms with Gasteiger partial charge in [0, 0.05) is 38.4 Å². The van der Waals surface area contributed by atoms with Crippen molar-refractivity contribution in [2.45, 2.75) is 19.5 Å². The highest BCUT2D eigenvalue weighted by molar-refractivity contribution is 5.95. The molecule has 1 aromatic carbocycles. The number of aryl methyl sites for hydroxylation is 1. The number of amides is 1. The molecule has 0 N–H and O–H groups in total.